The molecule has 3 aliphatic rings. The Balaban J connectivity index is 1.48. The second-order valence-electron chi connectivity index (χ2n) is 7.63. The summed E-state index contributed by atoms with van der Waals surface area (Å²) >= 11 is 0. The van der Waals surface area contributed by atoms with Crippen LogP contribution in [0.5, 0.6) is 0 Å². The standard InChI is InChI=1S/C20H29NO/c1-2-20-11-6-13-21-14-10-17(19(20)21)18(9-12-20)22-15-16-7-4-3-5-8-16/h3-5,7-8,17-19H,2,6,9-15H2,1H3/t17-,18-,19+,20-/m1/s1. The highest BCUT2D eigenvalue weighted by atomic mass is 16.5. The van der Waals surface area contributed by atoms with Gasteiger partial charge in [-0.15, -0.1) is 0 Å². The number of piperidine rings is 1. The van der Waals surface area contributed by atoms with Gasteiger partial charge in [-0.2, -0.15) is 0 Å². The molecule has 2 nitrogen and oxygen atoms in total. The predicted octanol–water partition coefficient (Wildman–Crippen LogP) is 4.25. The smallest absolute Gasteiger partial charge is 0.0720 e. The first kappa shape index (κ1) is 14.7. The number of rotatable bonds is 4. The topological polar surface area (TPSA) is 12.5 Å². The summed E-state index contributed by atoms with van der Waals surface area (Å²) in [6.07, 6.45) is 8.70. The third-order valence-electron chi connectivity index (χ3n) is 6.71. The van der Waals surface area contributed by atoms with Crippen LogP contribution in [0, 0.1) is 11.3 Å². The molecule has 120 valence electrons. The average molecular weight is 299 g/mol. The highest BCUT2D eigenvalue weighted by Crippen LogP contribution is 2.54. The molecule has 0 amide bonds. The zero-order valence-corrected chi connectivity index (χ0v) is 13.8. The van der Waals surface area contributed by atoms with Gasteiger partial charge < -0.3 is 4.74 Å². The van der Waals surface area contributed by atoms with Gasteiger partial charge in [0.1, 0.15) is 0 Å². The fraction of sp³-hybridized carbons (Fsp3) is 0.700. The van der Waals surface area contributed by atoms with Crippen LogP contribution in [-0.2, 0) is 11.3 Å². The van der Waals surface area contributed by atoms with Crippen LogP contribution in [0.2, 0.25) is 0 Å². The number of hydrogen-bond acceptors (Lipinski definition) is 2. The van der Waals surface area contributed by atoms with E-state index in [-0.39, 0.29) is 0 Å². The molecule has 0 aromatic heterocycles. The van der Waals surface area contributed by atoms with Crippen molar-refractivity contribution in [1.29, 1.82) is 0 Å². The Morgan fingerprint density at radius 2 is 2.00 bits per heavy atom. The van der Waals surface area contributed by atoms with Gasteiger partial charge in [-0.3, -0.25) is 4.90 Å². The molecule has 0 radical (unpaired) electrons. The van der Waals surface area contributed by atoms with E-state index < -0.39 is 0 Å². The van der Waals surface area contributed by atoms with Crippen molar-refractivity contribution in [2.45, 2.75) is 64.2 Å². The van der Waals surface area contributed by atoms with Crippen molar-refractivity contribution in [3.63, 3.8) is 0 Å². The van der Waals surface area contributed by atoms with E-state index in [1.807, 2.05) is 0 Å². The summed E-state index contributed by atoms with van der Waals surface area (Å²) in [5.41, 5.74) is 1.92. The average Bonchev–Trinajstić information content (AvgIpc) is 3.02. The zero-order chi connectivity index (χ0) is 15.0. The van der Waals surface area contributed by atoms with Crippen LogP contribution in [0.15, 0.2) is 30.3 Å². The molecule has 2 saturated heterocycles. The van der Waals surface area contributed by atoms with E-state index in [9.17, 15) is 0 Å². The summed E-state index contributed by atoms with van der Waals surface area (Å²) in [5.74, 6) is 0.776. The van der Waals surface area contributed by atoms with E-state index in [0.29, 0.717) is 11.5 Å². The molecule has 3 fully saturated rings. The second-order valence-corrected chi connectivity index (χ2v) is 7.63. The fourth-order valence-electron chi connectivity index (χ4n) is 5.61. The number of benzene rings is 1. The second kappa shape index (κ2) is 5.98. The lowest BCUT2D eigenvalue weighted by molar-refractivity contribution is -0.0987. The molecule has 2 heterocycles. The van der Waals surface area contributed by atoms with Gasteiger partial charge in [-0.25, -0.2) is 0 Å². The van der Waals surface area contributed by atoms with Crippen LogP contribution >= 0.6 is 0 Å². The SMILES string of the molecule is CC[C@]12CCCN3CC[C@@H]([C@H]31)[C@H](OCc1ccccc1)CC2. The maximum Gasteiger partial charge on any atom is 0.0720 e. The van der Waals surface area contributed by atoms with Crippen LogP contribution in [0.3, 0.4) is 0 Å². The van der Waals surface area contributed by atoms with Crippen LogP contribution in [0.4, 0.5) is 0 Å². The normalized spacial score (nSPS) is 38.0. The van der Waals surface area contributed by atoms with Gasteiger partial charge in [-0.1, -0.05) is 37.3 Å². The minimum absolute atomic E-state index is 0.480. The molecule has 2 heteroatoms. The molecule has 1 aromatic carbocycles. The van der Waals surface area contributed by atoms with Crippen molar-refractivity contribution in [2.75, 3.05) is 13.1 Å². The van der Waals surface area contributed by atoms with Gasteiger partial charge in [0.25, 0.3) is 0 Å². The first-order valence-electron chi connectivity index (χ1n) is 9.22. The molecule has 4 rings (SSSR count). The van der Waals surface area contributed by atoms with Crippen LogP contribution in [0.1, 0.15) is 51.0 Å². The third kappa shape index (κ3) is 2.41. The molecule has 0 bridgehead atoms. The van der Waals surface area contributed by atoms with Crippen molar-refractivity contribution in [3.05, 3.63) is 35.9 Å². The van der Waals surface area contributed by atoms with Crippen LogP contribution in [0.25, 0.3) is 0 Å². The van der Waals surface area contributed by atoms with E-state index in [1.165, 1.54) is 57.2 Å². The lowest BCUT2D eigenvalue weighted by Gasteiger charge is -2.54. The highest BCUT2D eigenvalue weighted by Gasteiger charge is 2.54. The number of hydrogen-bond donors (Lipinski definition) is 0. The highest BCUT2D eigenvalue weighted by molar-refractivity contribution is 5.14. The number of ether oxygens (including phenoxy) is 1. The van der Waals surface area contributed by atoms with Gasteiger partial charge in [0, 0.05) is 12.0 Å². The Bertz CT molecular complexity index is 502. The molecule has 1 aliphatic carbocycles. The Hall–Kier alpha value is -0.860. The Morgan fingerprint density at radius 3 is 2.82 bits per heavy atom. The summed E-state index contributed by atoms with van der Waals surface area (Å²) < 4.78 is 6.41. The van der Waals surface area contributed by atoms with Gasteiger partial charge in [0.05, 0.1) is 12.7 Å². The molecule has 0 spiro atoms. The quantitative estimate of drug-likeness (QED) is 0.824. The summed E-state index contributed by atoms with van der Waals surface area (Å²) in [4.78, 5) is 2.80. The van der Waals surface area contributed by atoms with Crippen molar-refractivity contribution in [2.24, 2.45) is 11.3 Å². The summed E-state index contributed by atoms with van der Waals surface area (Å²) in [6, 6.07) is 11.5. The van der Waals surface area contributed by atoms with Gasteiger partial charge >= 0.3 is 0 Å². The van der Waals surface area contributed by atoms with E-state index in [4.69, 9.17) is 4.74 Å². The van der Waals surface area contributed by atoms with Gasteiger partial charge in [0.15, 0.2) is 0 Å². The molecule has 1 saturated carbocycles. The largest absolute Gasteiger partial charge is 0.373 e. The van der Waals surface area contributed by atoms with E-state index in [0.717, 1.165) is 18.6 Å². The Labute approximate surface area is 134 Å². The Kier molecular flexibility index (Phi) is 4.00. The molecule has 22 heavy (non-hydrogen) atoms. The fourth-order valence-corrected chi connectivity index (χ4v) is 5.61. The maximum absolute atomic E-state index is 6.41. The maximum atomic E-state index is 6.41. The van der Waals surface area contributed by atoms with Crippen molar-refractivity contribution in [1.82, 2.24) is 4.90 Å². The van der Waals surface area contributed by atoms with Crippen LogP contribution in [-0.4, -0.2) is 30.1 Å². The van der Waals surface area contributed by atoms with E-state index in [2.05, 4.69) is 42.2 Å². The first-order chi connectivity index (χ1) is 10.8. The first-order valence-corrected chi connectivity index (χ1v) is 9.22. The monoisotopic (exact) mass is 299 g/mol. The minimum atomic E-state index is 0.480. The van der Waals surface area contributed by atoms with Crippen molar-refractivity contribution >= 4 is 0 Å². The summed E-state index contributed by atoms with van der Waals surface area (Å²) in [6.45, 7) is 5.84. The molecule has 0 unspecified atom stereocenters. The molecular formula is C20H29NO. The molecule has 4 atom stereocenters. The summed E-state index contributed by atoms with van der Waals surface area (Å²) in [7, 11) is 0. The predicted molar refractivity (Wildman–Crippen MR) is 89.7 cm³/mol. The van der Waals surface area contributed by atoms with Crippen molar-refractivity contribution in [3.8, 4) is 0 Å². The zero-order valence-electron chi connectivity index (χ0n) is 13.8. The van der Waals surface area contributed by atoms with E-state index in [1.54, 1.807) is 0 Å². The lowest BCUT2D eigenvalue weighted by atomic mass is 9.60. The van der Waals surface area contributed by atoms with Gasteiger partial charge in [0.2, 0.25) is 0 Å². The number of nitrogens with zero attached hydrogens (tertiary/aromatic N) is 1. The molecule has 0 N–H and O–H groups in total. The van der Waals surface area contributed by atoms with Gasteiger partial charge in [-0.05, 0) is 62.6 Å². The minimum Gasteiger partial charge on any atom is -0.373 e. The summed E-state index contributed by atoms with van der Waals surface area (Å²) in [5, 5.41) is 0. The van der Waals surface area contributed by atoms with Crippen molar-refractivity contribution < 1.29 is 4.74 Å². The van der Waals surface area contributed by atoms with E-state index >= 15 is 0 Å². The Morgan fingerprint density at radius 1 is 1.14 bits per heavy atom. The molecule has 2 aliphatic heterocycles. The lowest BCUT2D eigenvalue weighted by Crippen LogP contribution is -2.56. The van der Waals surface area contributed by atoms with Crippen LogP contribution < -0.4 is 0 Å². The molecular weight excluding hydrogens is 270 g/mol. The third-order valence-corrected chi connectivity index (χ3v) is 6.71. The molecule has 1 aromatic rings.